The second-order valence-corrected chi connectivity index (χ2v) is 5.19. The molecule has 0 aliphatic rings. The van der Waals surface area contributed by atoms with Crippen LogP contribution in [0.1, 0.15) is 0 Å². The second kappa shape index (κ2) is 4.89. The third kappa shape index (κ3) is 2.02. The number of rotatable bonds is 1. The Kier molecular flexibility index (Phi) is 3.23. The van der Waals surface area contributed by atoms with Crippen LogP contribution in [0.15, 0.2) is 54.9 Å². The van der Waals surface area contributed by atoms with Gasteiger partial charge >= 0.3 is 0 Å². The summed E-state index contributed by atoms with van der Waals surface area (Å²) >= 11 is 1.78. The summed E-state index contributed by atoms with van der Waals surface area (Å²) in [7, 11) is 0. The molecule has 2 aromatic carbocycles. The van der Waals surface area contributed by atoms with Crippen molar-refractivity contribution in [3.8, 4) is 5.69 Å². The number of hydrogen-bond acceptors (Lipinski definition) is 2. The molecule has 0 aliphatic heterocycles. The fourth-order valence-electron chi connectivity index (χ4n) is 2.19. The minimum absolute atomic E-state index is 0. The van der Waals surface area contributed by atoms with Crippen molar-refractivity contribution in [3.63, 3.8) is 0 Å². The van der Waals surface area contributed by atoms with E-state index in [2.05, 4.69) is 47.6 Å². The van der Waals surface area contributed by atoms with Gasteiger partial charge in [0, 0.05) is 37.2 Å². The quantitative estimate of drug-likeness (QED) is 0.408. The molecule has 2 heterocycles. The van der Waals surface area contributed by atoms with Crippen molar-refractivity contribution in [1.29, 1.82) is 0 Å². The number of nitrogens with zero attached hydrogens (tertiary/aromatic N) is 2. The summed E-state index contributed by atoms with van der Waals surface area (Å²) in [5.41, 5.74) is 0.985. The molecule has 0 saturated heterocycles. The molecule has 0 N–H and O–H groups in total. The minimum Gasteiger partial charge on any atom is -0.266 e. The van der Waals surface area contributed by atoms with Gasteiger partial charge in [0.2, 0.25) is 0 Å². The summed E-state index contributed by atoms with van der Waals surface area (Å²) in [6.45, 7) is 0. The largest absolute Gasteiger partial charge is 0.266 e. The molecule has 0 atom stereocenters. The standard InChI is InChI=1S/C15H9N2S.Ir/c1-2-5-14-12(4-1)13-7-6-11(10-15(13)18-14)17-9-3-8-16-17;/h1-9H;/q-1;. The van der Waals surface area contributed by atoms with E-state index in [1.54, 1.807) is 17.5 Å². The first-order valence-electron chi connectivity index (χ1n) is 5.75. The Bertz CT molecular complexity index is 834. The molecule has 2 aromatic heterocycles. The third-order valence-corrected chi connectivity index (χ3v) is 4.14. The Morgan fingerprint density at radius 3 is 2.74 bits per heavy atom. The van der Waals surface area contributed by atoms with E-state index in [1.807, 2.05) is 16.9 Å². The average molecular weight is 442 g/mol. The molecule has 0 spiro atoms. The van der Waals surface area contributed by atoms with Gasteiger partial charge in [0.15, 0.2) is 0 Å². The molecule has 4 heteroatoms. The van der Waals surface area contributed by atoms with Gasteiger partial charge in [-0.2, -0.15) is 22.5 Å². The van der Waals surface area contributed by atoms with Gasteiger partial charge in [-0.05, 0) is 17.8 Å². The van der Waals surface area contributed by atoms with Gasteiger partial charge in [-0.15, -0.1) is 17.5 Å². The van der Waals surface area contributed by atoms with Crippen LogP contribution in [0.3, 0.4) is 0 Å². The number of aromatic nitrogens is 2. The number of hydrogen-bond donors (Lipinski definition) is 0. The molecule has 0 unspecified atom stereocenters. The predicted octanol–water partition coefficient (Wildman–Crippen LogP) is 4.04. The summed E-state index contributed by atoms with van der Waals surface area (Å²) in [6.07, 6.45) is 3.72. The zero-order valence-electron chi connectivity index (χ0n) is 9.83. The van der Waals surface area contributed by atoms with E-state index >= 15 is 0 Å². The summed E-state index contributed by atoms with van der Waals surface area (Å²) in [6, 6.07) is 18.0. The molecule has 4 aromatic rings. The first-order chi connectivity index (χ1) is 8.92. The van der Waals surface area contributed by atoms with E-state index in [1.165, 1.54) is 20.2 Å². The first-order valence-corrected chi connectivity index (χ1v) is 6.57. The van der Waals surface area contributed by atoms with E-state index < -0.39 is 0 Å². The molecule has 4 rings (SSSR count). The fourth-order valence-corrected chi connectivity index (χ4v) is 3.29. The van der Waals surface area contributed by atoms with Gasteiger partial charge in [-0.1, -0.05) is 28.3 Å². The molecule has 0 fully saturated rings. The van der Waals surface area contributed by atoms with Crippen molar-refractivity contribution < 1.29 is 20.1 Å². The smallest absolute Gasteiger partial charge is 0.0493 e. The summed E-state index contributed by atoms with van der Waals surface area (Å²) in [4.78, 5) is 0. The van der Waals surface area contributed by atoms with Crippen LogP contribution >= 0.6 is 11.3 Å². The maximum Gasteiger partial charge on any atom is 0.0493 e. The molecule has 19 heavy (non-hydrogen) atoms. The molecule has 0 bridgehead atoms. The molecular weight excluding hydrogens is 432 g/mol. The molecular formula is C15H9IrN2S-. The zero-order valence-corrected chi connectivity index (χ0v) is 13.0. The normalized spacial score (nSPS) is 10.7. The second-order valence-electron chi connectivity index (χ2n) is 4.14. The first kappa shape index (κ1) is 12.5. The summed E-state index contributed by atoms with van der Waals surface area (Å²) < 4.78 is 4.33. The van der Waals surface area contributed by atoms with Gasteiger partial charge in [0.05, 0.1) is 0 Å². The predicted molar refractivity (Wildman–Crippen MR) is 75.3 cm³/mol. The van der Waals surface area contributed by atoms with Gasteiger partial charge < -0.3 is 0 Å². The number of fused-ring (bicyclic) bond motifs is 3. The van der Waals surface area contributed by atoms with Crippen molar-refractivity contribution in [2.24, 2.45) is 0 Å². The van der Waals surface area contributed by atoms with Crippen molar-refractivity contribution in [3.05, 3.63) is 60.9 Å². The summed E-state index contributed by atoms with van der Waals surface area (Å²) in [5.74, 6) is 0. The molecule has 95 valence electrons. The van der Waals surface area contributed by atoms with Crippen molar-refractivity contribution >= 4 is 31.5 Å². The van der Waals surface area contributed by atoms with Crippen molar-refractivity contribution in [2.45, 2.75) is 0 Å². The fraction of sp³-hybridized carbons (Fsp3) is 0. The molecule has 2 nitrogen and oxygen atoms in total. The minimum atomic E-state index is 0. The van der Waals surface area contributed by atoms with Gasteiger partial charge in [0.25, 0.3) is 0 Å². The van der Waals surface area contributed by atoms with Crippen LogP contribution in [0.2, 0.25) is 0 Å². The topological polar surface area (TPSA) is 17.8 Å². The monoisotopic (exact) mass is 442 g/mol. The Balaban J connectivity index is 0.00000110. The van der Waals surface area contributed by atoms with E-state index in [0.29, 0.717) is 0 Å². The van der Waals surface area contributed by atoms with E-state index in [4.69, 9.17) is 0 Å². The number of thiophene rings is 1. The Hall–Kier alpha value is -1.48. The van der Waals surface area contributed by atoms with Gasteiger partial charge in [-0.25, -0.2) is 0 Å². The number of benzene rings is 2. The van der Waals surface area contributed by atoms with Crippen molar-refractivity contribution in [2.75, 3.05) is 0 Å². The van der Waals surface area contributed by atoms with E-state index in [-0.39, 0.29) is 20.1 Å². The molecule has 0 aliphatic carbocycles. The maximum absolute atomic E-state index is 4.24. The molecule has 0 amide bonds. The van der Waals surface area contributed by atoms with E-state index in [9.17, 15) is 0 Å². The molecule has 1 radical (unpaired) electrons. The van der Waals surface area contributed by atoms with Crippen LogP contribution in [0, 0.1) is 6.07 Å². The van der Waals surface area contributed by atoms with Crippen LogP contribution < -0.4 is 0 Å². The van der Waals surface area contributed by atoms with Gasteiger partial charge in [0.1, 0.15) is 0 Å². The van der Waals surface area contributed by atoms with Gasteiger partial charge in [-0.3, -0.25) is 4.68 Å². The average Bonchev–Trinajstić information content (AvgIpc) is 3.05. The SMILES string of the molecule is [Ir].[c-]1c(-n2cccn2)ccc2c1sc1ccccc12. The Morgan fingerprint density at radius 1 is 1.00 bits per heavy atom. The molecule has 0 saturated carbocycles. The third-order valence-electron chi connectivity index (χ3n) is 3.03. The maximum atomic E-state index is 4.24. The Morgan fingerprint density at radius 2 is 1.89 bits per heavy atom. The van der Waals surface area contributed by atoms with Crippen LogP contribution in [0.25, 0.3) is 25.9 Å². The van der Waals surface area contributed by atoms with E-state index in [0.717, 1.165) is 5.69 Å². The van der Waals surface area contributed by atoms with Crippen LogP contribution in [0.4, 0.5) is 0 Å². The van der Waals surface area contributed by atoms with Crippen LogP contribution in [-0.2, 0) is 20.1 Å². The van der Waals surface area contributed by atoms with Crippen LogP contribution in [-0.4, -0.2) is 9.78 Å². The van der Waals surface area contributed by atoms with Crippen molar-refractivity contribution in [1.82, 2.24) is 9.78 Å². The summed E-state index contributed by atoms with van der Waals surface area (Å²) in [5, 5.41) is 6.81. The Labute approximate surface area is 128 Å². The van der Waals surface area contributed by atoms with Crippen LogP contribution in [0.5, 0.6) is 0 Å². The zero-order chi connectivity index (χ0) is 11.9.